The number of carboxylic acid groups (broad SMARTS) is 2. The van der Waals surface area contributed by atoms with Crippen LogP contribution in [0.15, 0.2) is 86.2 Å². The molecule has 0 bridgehead atoms. The van der Waals surface area contributed by atoms with E-state index in [2.05, 4.69) is 139 Å². The Morgan fingerprint density at radius 3 is 1.12 bits per heavy atom. The number of aliphatic hydroxyl groups is 1. The Hall–Kier alpha value is -12.4. The number of methoxy groups -OCH3 is 1. The lowest BCUT2D eigenvalue weighted by molar-refractivity contribution is -0.140. The molecule has 128 heavy (non-hydrogen) atoms. The number of carbonyl (C=O) groups excluding carboxylic acids is 13. The Labute approximate surface area is 791 Å². The molecule has 0 fully saturated rings. The molecule has 0 saturated carbocycles. The van der Waals surface area contributed by atoms with Crippen LogP contribution in [0, 0.1) is 32.1 Å². The van der Waals surface area contributed by atoms with Crippen LogP contribution in [0.3, 0.4) is 0 Å². The molecule has 10 atom stereocenters. The zero-order valence-corrected chi connectivity index (χ0v) is 78.5. The van der Waals surface area contributed by atoms with Gasteiger partial charge in [0.25, 0.3) is 11.7 Å². The van der Waals surface area contributed by atoms with Gasteiger partial charge in [0.2, 0.25) is 67.5 Å². The number of rotatable bonds is 25. The SMILES string of the molecule is C.Cc1nc(C(C)N)cs1.OCC1c2ccccc2-c2ccccc21.[2H]C.[2H]C(=O)NC(C)C(=O)C=[N+]=[N-].[2H]C(=O)NC(C)C(=O)CBr.[2H]C(=O)NC(C)C(=O)O.[2H]C(=O)NC(C)c1csc(C#N)n1.[2H]C(=O)NC(C)c1csc(C(=O)NC)n1.[2H]C(=O)NC(C)c1csc(C(=O)O)n1.[2H]C(=O)NC(C)c1csc(C(=O)OC)n1.[2H]C(=O)NC(C)c1csc(C)n1.[2H]C(=O)NC(C)c1csc(C)n1. The van der Waals surface area contributed by atoms with Crippen molar-refractivity contribution in [1.29, 1.82) is 5.26 Å². The van der Waals surface area contributed by atoms with E-state index in [0.717, 1.165) is 54.8 Å². The second-order valence-electron chi connectivity index (χ2n) is 24.7. The summed E-state index contributed by atoms with van der Waals surface area (Å²) in [5.41, 5.74) is 23.3. The van der Waals surface area contributed by atoms with Gasteiger partial charge in [-0.25, -0.2) is 44.5 Å². The average Bonchev–Trinajstić information content (AvgIpc) is 1.62. The molecule has 0 spiro atoms. The third-order valence-corrected chi connectivity index (χ3v) is 21.6. The number of ether oxygens (including phenoxy) is 1. The Morgan fingerprint density at radius 1 is 0.516 bits per heavy atom. The fraction of sp³-hybridized carbons (Fsp3) is 0.375. The van der Waals surface area contributed by atoms with Crippen LogP contribution in [0.25, 0.3) is 16.7 Å². The lowest BCUT2D eigenvalue weighted by atomic mass is 9.98. The number of carboxylic acids is 2. The monoisotopic (exact) mass is 1980 g/mol. The topological polar surface area (TPSA) is 623 Å². The fourth-order valence-corrected chi connectivity index (χ4v) is 14.2. The van der Waals surface area contributed by atoms with E-state index >= 15 is 0 Å². The number of Topliss-reactive ketones (excluding diaryl/α,β-unsaturated/α-hetero) is 2. The van der Waals surface area contributed by atoms with Gasteiger partial charge in [0.1, 0.15) is 24.4 Å². The van der Waals surface area contributed by atoms with Crippen molar-refractivity contribution in [3.8, 4) is 17.2 Å². The molecule has 0 radical (unpaired) electrons. The van der Waals surface area contributed by atoms with Crippen LogP contribution in [0.4, 0.5) is 0 Å². The van der Waals surface area contributed by atoms with Gasteiger partial charge in [-0.3, -0.25) is 62.3 Å². The molecule has 1 aliphatic carbocycles. The summed E-state index contributed by atoms with van der Waals surface area (Å²) >= 11 is 12.2. The molecule has 40 nitrogen and oxygen atoms in total. The van der Waals surface area contributed by atoms with Crippen molar-refractivity contribution < 1.29 is 110 Å². The van der Waals surface area contributed by atoms with E-state index in [9.17, 15) is 77.0 Å². The number of nitrogens with two attached hydrogens (primary N) is 1. The highest BCUT2D eigenvalue weighted by Gasteiger charge is 2.27. The Bertz CT molecular complexity index is 5330. The highest BCUT2D eigenvalue weighted by molar-refractivity contribution is 9.09. The van der Waals surface area contributed by atoms with Crippen LogP contribution >= 0.6 is 95.3 Å². The van der Waals surface area contributed by atoms with Gasteiger partial charge in [0.05, 0.1) is 122 Å². The molecule has 15 N–H and O–H groups in total. The number of alkyl halides is 1. The number of amides is 10. The first-order valence-corrected chi connectivity index (χ1v) is 43.5. The number of aromatic nitrogens is 7. The molecular weight excluding hydrogens is 1860 g/mol. The summed E-state index contributed by atoms with van der Waals surface area (Å²) in [6, 6.07) is 14.4. The van der Waals surface area contributed by atoms with Gasteiger partial charge in [-0.05, 0) is 112 Å². The number of aryl methyl sites for hydroxylation is 3. The normalized spacial score (nSPS) is 13.1. The van der Waals surface area contributed by atoms with E-state index in [0.29, 0.717) is 39.0 Å². The van der Waals surface area contributed by atoms with Crippen molar-refractivity contribution in [2.24, 2.45) is 5.73 Å². The van der Waals surface area contributed by atoms with Crippen molar-refractivity contribution in [1.82, 2.24) is 88.1 Å². The second-order valence-corrected chi connectivity index (χ2v) is 31.8. The predicted molar refractivity (Wildman–Crippen MR) is 495 cm³/mol. The molecule has 1 aliphatic rings. The van der Waals surface area contributed by atoms with Crippen molar-refractivity contribution in [3.05, 3.63) is 178 Å². The molecule has 10 rings (SSSR count). The summed E-state index contributed by atoms with van der Waals surface area (Å²) in [5.74, 6) is -3.53. The number of hydrogen-bond acceptors (Lipinski definition) is 33. The fourth-order valence-electron chi connectivity index (χ4n) is 8.42. The van der Waals surface area contributed by atoms with Crippen molar-refractivity contribution in [3.63, 3.8) is 0 Å². The summed E-state index contributed by atoms with van der Waals surface area (Å²) in [6.07, 6.45) is -7.43. The number of aliphatic carboxylic acids is 1. The lowest BCUT2D eigenvalue weighted by Crippen LogP contribution is -2.33. The van der Waals surface area contributed by atoms with Gasteiger partial charge >= 0.3 is 24.1 Å². The van der Waals surface area contributed by atoms with Gasteiger partial charge in [0.15, 0.2) is 15.8 Å². The Kier molecular flexibility index (Phi) is 54.3. The number of halogens is 1. The Morgan fingerprint density at radius 2 is 0.836 bits per heavy atom. The molecule has 0 saturated heterocycles. The highest BCUT2D eigenvalue weighted by atomic mass is 79.9. The molecule has 7 aromatic heterocycles. The summed E-state index contributed by atoms with van der Waals surface area (Å²) in [4.78, 5) is 187. The third-order valence-electron chi connectivity index (χ3n) is 15.4. The van der Waals surface area contributed by atoms with Crippen LogP contribution in [0.5, 0.6) is 0 Å². The molecule has 696 valence electrons. The minimum absolute atomic E-state index is 0. The van der Waals surface area contributed by atoms with Crippen LogP contribution in [-0.2, 0) is 62.3 Å². The summed E-state index contributed by atoms with van der Waals surface area (Å²) in [6.45, 7) is 22.5. The van der Waals surface area contributed by atoms with Gasteiger partial charge in [-0.2, -0.15) is 10.1 Å². The first-order chi connectivity index (χ1) is 64.2. The van der Waals surface area contributed by atoms with Crippen LogP contribution in [-0.4, -0.2) is 198 Å². The number of fused-ring (bicyclic) bond motifs is 3. The number of esters is 1. The molecule has 7 heterocycles. The molecular formula is C80H108BrN21O19S7. The standard InChI is InChI=1S/C14H12O.C8H11N3O2S.C8H10N2O3S.C7H7N3OS.C7H8N2O3S.2C7H10N2OS.C6H10N2S.C5H8BrNO2.C5H7N3O2.C4H7NO3.2CH4/c15-9-14-12-7-3-1-5-10(12)11-6-2-4-8-13(11)14;1-5(10-4-12)6-3-14-8(11-6)7(13)9-2;1-5(9-4-11)6-3-14-7(10-6)8(12)13-2;1-5(9-4-11)6-3-12-7(2-8)10-6;1-4(8-3-10)5-2-13-6(9-5)7(11)12;2*1-5(8-4-10)7-3-11-6(2)9-7;1-4(7)6-3-9-5(2)8-6;1-4(7-3-8)5(9)2-6;1-4(7-3-9)5(10)2-8-6;1-3(4(7)8)5-2-6;;/h1-8,14-15H,9H2;3-5H,1-2H3,(H,9,13)(H,10,12);3-5H,1-2H3,(H,9,11);3-5H,1H3,(H,9,11);2-4H,1H3,(H,8,10)(H,11,12);2*3-5H,1-2H3,(H,8,10);3-4H,7H2,1-2H3;3-4H,2H2,1H3,(H,7,8);2-4H,1H3,(H,7,9);2-3H,1H3,(H,5,6)(H,7,8);2*1H4/i;3*4D;3D;2*4D;;2*3D;2D;1D;. The smallest absolute Gasteiger partial charge is 0.367 e. The molecule has 9 aromatic rings. The molecule has 10 amide bonds. The molecule has 2 aromatic carbocycles. The quantitative estimate of drug-likeness (QED) is 0.00634. The predicted octanol–water partition coefficient (Wildman–Crippen LogP) is 8.85. The van der Waals surface area contributed by atoms with E-state index in [1.807, 2.05) is 72.7 Å². The number of benzene rings is 2. The van der Waals surface area contributed by atoms with Gasteiger partial charge in [-0.1, -0.05) is 79.3 Å². The molecule has 0 aliphatic heterocycles. The van der Waals surface area contributed by atoms with Crippen molar-refractivity contribution >= 4 is 194 Å². The minimum Gasteiger partial charge on any atom is -0.480 e. The number of hydrogen-bond donors (Lipinski definition) is 14. The van der Waals surface area contributed by atoms with E-state index in [-0.39, 0.29) is 83.2 Å². The number of aromatic carboxylic acids is 1. The largest absolute Gasteiger partial charge is 0.480 e. The van der Waals surface area contributed by atoms with Crippen molar-refractivity contribution in [2.75, 3.05) is 26.1 Å². The summed E-state index contributed by atoms with van der Waals surface area (Å²) < 4.78 is 69.6. The average molecular weight is 1980 g/mol. The van der Waals surface area contributed by atoms with Crippen LogP contribution in [0.2, 0.25) is 0 Å². The maximum atomic E-state index is 11.2. The Balaban J connectivity index is -0.00000145. The summed E-state index contributed by atoms with van der Waals surface area (Å²) in [7, 11) is 4.05. The van der Waals surface area contributed by atoms with Gasteiger partial charge in [0, 0.05) is 58.0 Å². The van der Waals surface area contributed by atoms with Crippen LogP contribution in [0.1, 0.15) is 246 Å². The summed E-state index contributed by atoms with van der Waals surface area (Å²) in [5, 5.41) is 73.9. The highest BCUT2D eigenvalue weighted by Crippen LogP contribution is 2.44. The molecule has 10 unspecified atom stereocenters. The zero-order chi connectivity index (χ0) is 105. The van der Waals surface area contributed by atoms with Gasteiger partial charge < -0.3 is 84.5 Å². The zero-order valence-electron chi connectivity index (χ0n) is 81.2. The first-order valence-electron chi connectivity index (χ1n) is 41.7. The van der Waals surface area contributed by atoms with E-state index < -0.39 is 105 Å². The number of ketones is 2. The van der Waals surface area contributed by atoms with Gasteiger partial charge in [-0.15, -0.1) is 79.4 Å². The number of nitriles is 1. The maximum absolute atomic E-state index is 11.2. The first kappa shape index (κ1) is 101. The lowest BCUT2D eigenvalue weighted by Gasteiger charge is -2.08. The third kappa shape index (κ3) is 46.2. The number of nitrogens with zero attached hydrogens (tertiary/aromatic N) is 10. The minimum atomic E-state index is -1.14. The second kappa shape index (κ2) is 68.8. The number of carbonyl (C=O) groups is 15. The van der Waals surface area contributed by atoms with E-state index in [4.69, 9.17) is 40.4 Å². The van der Waals surface area contributed by atoms with Crippen molar-refractivity contribution in [2.45, 2.75) is 171 Å². The maximum Gasteiger partial charge on any atom is 0.367 e. The number of nitrogens with one attached hydrogen (secondary N) is 10. The number of thiazole rings is 7. The van der Waals surface area contributed by atoms with Crippen LogP contribution < -0.4 is 58.9 Å². The van der Waals surface area contributed by atoms with E-state index in [1.54, 1.807) is 74.4 Å². The number of aliphatic hydroxyl groups excluding tert-OH is 1. The molecule has 48 heteroatoms. The van der Waals surface area contributed by atoms with E-state index in [1.165, 1.54) is 110 Å².